The molecule has 0 bridgehead atoms. The molecule has 1 atom stereocenters. The first kappa shape index (κ1) is 3.82. The Morgan fingerprint density at radius 2 is 2.31 bits per heavy atom. The minimum Gasteiger partial charge on any atom is -0.303 e. The lowest BCUT2D eigenvalue weighted by Crippen LogP contribution is -2.46. The van der Waals surface area contributed by atoms with Crippen molar-refractivity contribution in [1.82, 2.24) is 5.32 Å². The van der Waals surface area contributed by atoms with Gasteiger partial charge in [-0.3, -0.25) is 4.79 Å². The second kappa shape index (κ2) is 4.98. The molecule has 1 aromatic rings. The maximum atomic E-state index is 12.9. The molecule has 0 aliphatic carbocycles. The van der Waals surface area contributed by atoms with Crippen molar-refractivity contribution in [3.63, 3.8) is 0 Å². The third kappa shape index (κ3) is 3.95. The molecule has 0 amide bonds. The molecule has 1 rings (SSSR count). The number of halogens is 1. The monoisotopic (exact) mass is 252 g/mol. The van der Waals surface area contributed by atoms with Crippen LogP contribution in [-0.2, 0) is 0 Å². The molecule has 16 heavy (non-hydrogen) atoms. The summed E-state index contributed by atoms with van der Waals surface area (Å²) < 4.78 is 99.1. The first-order valence-electron chi connectivity index (χ1n) is 10.7. The van der Waals surface area contributed by atoms with Crippen LogP contribution in [0.4, 0.5) is 0 Å². The predicted octanol–water partition coefficient (Wildman–Crippen LogP) is 3.30. The van der Waals surface area contributed by atoms with Gasteiger partial charge in [0.2, 0.25) is 0 Å². The molecule has 0 unspecified atom stereocenters. The molecular formula is C13H18ClNO. The van der Waals surface area contributed by atoms with Gasteiger partial charge in [-0.15, -0.1) is 0 Å². The molecule has 0 heterocycles. The Balaban J connectivity index is 3.85. The Bertz CT molecular complexity index is 728. The summed E-state index contributed by atoms with van der Waals surface area (Å²) >= 11 is 5.76. The van der Waals surface area contributed by atoms with Crippen LogP contribution in [0.3, 0.4) is 0 Å². The first-order chi connectivity index (χ1) is 12.6. The largest absolute Gasteiger partial charge is 0.303 e. The maximum Gasteiger partial charge on any atom is 0.179 e. The lowest BCUT2D eigenvalue weighted by Gasteiger charge is -2.25. The number of carbonyl (C=O) groups excluding carboxylic acids is 1. The Morgan fingerprint density at radius 1 is 1.56 bits per heavy atom. The van der Waals surface area contributed by atoms with Gasteiger partial charge in [0, 0.05) is 32.6 Å². The summed E-state index contributed by atoms with van der Waals surface area (Å²) in [5.74, 6) is -1.57. The average Bonchev–Trinajstić information content (AvgIpc) is 2.46. The van der Waals surface area contributed by atoms with E-state index in [2.05, 4.69) is 0 Å². The van der Waals surface area contributed by atoms with Gasteiger partial charge in [-0.05, 0) is 39.5 Å². The van der Waals surface area contributed by atoms with E-state index in [1.807, 2.05) is 0 Å². The number of nitrogens with one attached hydrogen (secondary N) is 1. The van der Waals surface area contributed by atoms with Crippen LogP contribution in [-0.4, -0.2) is 17.3 Å². The Kier molecular flexibility index (Phi) is 1.19. The summed E-state index contributed by atoms with van der Waals surface area (Å²) in [4.78, 5) is 12.9. The van der Waals surface area contributed by atoms with Crippen molar-refractivity contribution in [2.75, 3.05) is 0 Å². The molecule has 1 aromatic carbocycles. The van der Waals surface area contributed by atoms with Crippen LogP contribution >= 0.6 is 11.6 Å². The van der Waals surface area contributed by atoms with Crippen LogP contribution in [0.1, 0.15) is 55.6 Å². The van der Waals surface area contributed by atoms with Crippen LogP contribution < -0.4 is 5.32 Å². The summed E-state index contributed by atoms with van der Waals surface area (Å²) in [6.45, 7) is -15.2. The van der Waals surface area contributed by atoms with Crippen LogP contribution in [0, 0.1) is 0 Å². The number of hydrogen-bond acceptors (Lipinski definition) is 2. The van der Waals surface area contributed by atoms with Crippen molar-refractivity contribution in [3.8, 4) is 0 Å². The van der Waals surface area contributed by atoms with E-state index in [4.69, 9.17) is 29.4 Å². The second-order valence-corrected chi connectivity index (χ2v) is 3.53. The highest BCUT2D eigenvalue weighted by Crippen LogP contribution is 2.13. The first-order valence-corrected chi connectivity index (χ1v) is 4.59. The Hall–Kier alpha value is -0.860. The van der Waals surface area contributed by atoms with E-state index in [0.29, 0.717) is 0 Å². The highest BCUT2D eigenvalue weighted by Gasteiger charge is 2.20. The van der Waals surface area contributed by atoms with Gasteiger partial charge in [-0.1, -0.05) is 23.7 Å². The van der Waals surface area contributed by atoms with Crippen LogP contribution in [0.25, 0.3) is 0 Å². The summed E-state index contributed by atoms with van der Waals surface area (Å²) in [5.41, 5.74) is -4.34. The standard InChI is InChI=1S/C13H18ClNO/c1-9(15-13(2,3)4)12(16)10-6-5-7-11(14)8-10/h5-9,15H,1-4H3/t9-/m0/s1/i1D3,2D3,3D3,4D3,9D. The number of ketones is 1. The minimum atomic E-state index is -3.89. The fourth-order valence-corrected chi connectivity index (χ4v) is 1.21. The van der Waals surface area contributed by atoms with Gasteiger partial charge >= 0.3 is 0 Å². The summed E-state index contributed by atoms with van der Waals surface area (Å²) in [7, 11) is 0. The second-order valence-electron chi connectivity index (χ2n) is 3.09. The molecular weight excluding hydrogens is 222 g/mol. The molecule has 0 spiro atoms. The minimum absolute atomic E-state index is 0.0162. The lowest BCUT2D eigenvalue weighted by atomic mass is 10.0. The third-order valence-corrected chi connectivity index (χ3v) is 1.86. The summed E-state index contributed by atoms with van der Waals surface area (Å²) in [6.07, 6.45) is 0. The number of hydrogen-bond donors (Lipinski definition) is 1. The van der Waals surface area contributed by atoms with Gasteiger partial charge < -0.3 is 5.32 Å². The van der Waals surface area contributed by atoms with Crippen molar-refractivity contribution < 1.29 is 22.6 Å². The molecule has 0 aliphatic heterocycles. The smallest absolute Gasteiger partial charge is 0.179 e. The Labute approximate surface area is 120 Å². The van der Waals surface area contributed by atoms with E-state index >= 15 is 0 Å². The zero-order valence-corrected chi connectivity index (χ0v) is 8.85. The fraction of sp³-hybridized carbons (Fsp3) is 0.462. The van der Waals surface area contributed by atoms with Gasteiger partial charge in [0.15, 0.2) is 5.78 Å². The molecule has 2 nitrogen and oxygen atoms in total. The van der Waals surface area contributed by atoms with Gasteiger partial charge in [0.25, 0.3) is 0 Å². The van der Waals surface area contributed by atoms with Crippen molar-refractivity contribution in [2.24, 2.45) is 0 Å². The molecule has 1 N–H and O–H groups in total. The molecule has 0 radical (unpaired) electrons. The van der Waals surface area contributed by atoms with E-state index in [-0.39, 0.29) is 5.02 Å². The van der Waals surface area contributed by atoms with E-state index in [1.54, 1.807) is 0 Å². The number of carbonyl (C=O) groups is 1. The highest BCUT2D eigenvalue weighted by molar-refractivity contribution is 6.31. The number of benzene rings is 1. The molecule has 0 aromatic heterocycles. The maximum absolute atomic E-state index is 12.9. The van der Waals surface area contributed by atoms with E-state index in [0.717, 1.165) is 12.1 Å². The van der Waals surface area contributed by atoms with Crippen molar-refractivity contribution in [2.45, 2.75) is 39.0 Å². The Morgan fingerprint density at radius 3 is 2.88 bits per heavy atom. The quantitative estimate of drug-likeness (QED) is 0.837. The molecule has 0 saturated carbocycles. The molecule has 0 fully saturated rings. The summed E-state index contributed by atoms with van der Waals surface area (Å²) in [5, 5.41) is 1.43. The van der Waals surface area contributed by atoms with E-state index in [1.165, 1.54) is 17.4 Å². The zero-order chi connectivity index (χ0) is 23.3. The fourth-order valence-electron chi connectivity index (χ4n) is 1.02. The third-order valence-electron chi connectivity index (χ3n) is 1.63. The van der Waals surface area contributed by atoms with Crippen molar-refractivity contribution in [3.05, 3.63) is 34.9 Å². The van der Waals surface area contributed by atoms with E-state index < -0.39 is 50.3 Å². The number of Topliss-reactive ketones (excluding diaryl/α,β-unsaturated/α-hetero) is 1. The predicted molar refractivity (Wildman–Crippen MR) is 68.1 cm³/mol. The topological polar surface area (TPSA) is 29.1 Å². The number of rotatable bonds is 3. The molecule has 0 aliphatic rings. The average molecular weight is 253 g/mol. The van der Waals surface area contributed by atoms with Crippen LogP contribution in [0.5, 0.6) is 0 Å². The highest BCUT2D eigenvalue weighted by atomic mass is 35.5. The zero-order valence-electron chi connectivity index (χ0n) is 21.1. The molecule has 0 saturated heterocycles. The summed E-state index contributed by atoms with van der Waals surface area (Å²) in [6, 6.07) is 1.02. The molecule has 88 valence electrons. The SMILES string of the molecule is [2H]C([2H])([2H])C(N[C@]([2H])(C(=O)c1cccc(Cl)c1)C([2H])([2H])[2H])(C([2H])([2H])[2H])C([2H])([2H])[2H]. The van der Waals surface area contributed by atoms with Crippen molar-refractivity contribution >= 4 is 17.4 Å². The normalized spacial score (nSPS) is 30.7. The van der Waals surface area contributed by atoms with Gasteiger partial charge in [-0.2, -0.15) is 0 Å². The van der Waals surface area contributed by atoms with Gasteiger partial charge in [0.1, 0.15) is 0 Å². The lowest BCUT2D eigenvalue weighted by molar-refractivity contribution is 0.0936. The van der Waals surface area contributed by atoms with Gasteiger partial charge in [-0.25, -0.2) is 0 Å². The van der Waals surface area contributed by atoms with Crippen LogP contribution in [0.15, 0.2) is 24.3 Å². The molecule has 3 heteroatoms. The van der Waals surface area contributed by atoms with Crippen molar-refractivity contribution in [1.29, 1.82) is 0 Å². The van der Waals surface area contributed by atoms with E-state index in [9.17, 15) is 4.79 Å². The van der Waals surface area contributed by atoms with Gasteiger partial charge in [0.05, 0.1) is 7.39 Å². The van der Waals surface area contributed by atoms with Crippen LogP contribution in [0.2, 0.25) is 5.02 Å².